The van der Waals surface area contributed by atoms with Gasteiger partial charge in [-0.3, -0.25) is 10.1 Å². The summed E-state index contributed by atoms with van der Waals surface area (Å²) in [5.74, 6) is 1.14. The van der Waals surface area contributed by atoms with Crippen LogP contribution in [-0.2, 0) is 4.79 Å². The number of amides is 1. The topological polar surface area (TPSA) is 54.3 Å². The highest BCUT2D eigenvalue weighted by atomic mass is 35.5. The summed E-state index contributed by atoms with van der Waals surface area (Å²) in [5, 5.41) is 7.04. The smallest absolute Gasteiger partial charge is 0.250 e. The average Bonchev–Trinajstić information content (AvgIpc) is 3.20. The van der Waals surface area contributed by atoms with Crippen molar-refractivity contribution in [3.8, 4) is 11.3 Å². The Balaban J connectivity index is 1.61. The van der Waals surface area contributed by atoms with Gasteiger partial charge in [0.05, 0.1) is 0 Å². The van der Waals surface area contributed by atoms with Crippen LogP contribution in [0.25, 0.3) is 17.4 Å². The third kappa shape index (κ3) is 6.44. The van der Waals surface area contributed by atoms with Crippen LogP contribution in [0.15, 0.2) is 65.1 Å². The van der Waals surface area contributed by atoms with Crippen molar-refractivity contribution in [3.63, 3.8) is 0 Å². The van der Waals surface area contributed by atoms with E-state index in [-0.39, 0.29) is 11.0 Å². The molecule has 0 radical (unpaired) electrons. The number of benzene rings is 2. The second-order valence-electron chi connectivity index (χ2n) is 7.03. The molecule has 0 aliphatic heterocycles. The van der Waals surface area contributed by atoms with E-state index in [0.717, 1.165) is 23.2 Å². The summed E-state index contributed by atoms with van der Waals surface area (Å²) in [7, 11) is 0. The van der Waals surface area contributed by atoms with E-state index in [1.54, 1.807) is 36.4 Å². The van der Waals surface area contributed by atoms with Gasteiger partial charge in [0, 0.05) is 27.4 Å². The second-order valence-corrected chi connectivity index (χ2v) is 8.31. The Hall–Kier alpha value is -2.60. The van der Waals surface area contributed by atoms with Crippen LogP contribution in [0.3, 0.4) is 0 Å². The largest absolute Gasteiger partial charge is 0.457 e. The number of hydrogen-bond donors (Lipinski definition) is 2. The Kier molecular flexibility index (Phi) is 7.91. The maximum atomic E-state index is 12.3. The zero-order valence-electron chi connectivity index (χ0n) is 17.1. The minimum atomic E-state index is -0.359. The molecule has 7 heteroatoms. The molecule has 3 rings (SSSR count). The molecular weight excluding hydrogens is 451 g/mol. The molecule has 0 saturated heterocycles. The van der Waals surface area contributed by atoms with Gasteiger partial charge in [0.15, 0.2) is 5.11 Å². The number of furan rings is 1. The molecule has 0 spiro atoms. The Morgan fingerprint density at radius 2 is 1.84 bits per heavy atom. The normalized spacial score (nSPS) is 12.0. The van der Waals surface area contributed by atoms with Gasteiger partial charge >= 0.3 is 0 Å². The molecule has 0 saturated carbocycles. The van der Waals surface area contributed by atoms with Crippen LogP contribution in [-0.4, -0.2) is 11.0 Å². The van der Waals surface area contributed by atoms with Crippen molar-refractivity contribution in [1.82, 2.24) is 5.32 Å². The maximum Gasteiger partial charge on any atom is 0.250 e. The van der Waals surface area contributed by atoms with E-state index in [1.165, 1.54) is 6.08 Å². The van der Waals surface area contributed by atoms with Crippen molar-refractivity contribution >= 4 is 58.2 Å². The van der Waals surface area contributed by atoms with Gasteiger partial charge in [-0.25, -0.2) is 0 Å². The molecule has 0 fully saturated rings. The standard InChI is InChI=1S/C24H22Cl2N2O2S/c1-3-15(2)20-6-4-5-7-21(20)27-24(31)28-23(29)11-9-19-8-10-22(30-19)16-12-17(25)14-18(26)13-16/h4-15H,3H2,1-2H3,(H2,27,28,29,31)/b11-9+/t15-/m0/s1. The minimum Gasteiger partial charge on any atom is -0.457 e. The molecule has 0 aliphatic rings. The fourth-order valence-electron chi connectivity index (χ4n) is 3.02. The lowest BCUT2D eigenvalue weighted by atomic mass is 9.97. The van der Waals surface area contributed by atoms with Gasteiger partial charge in [-0.1, -0.05) is 55.2 Å². The quantitative estimate of drug-likeness (QED) is 0.292. The molecule has 1 amide bonds. The lowest BCUT2D eigenvalue weighted by molar-refractivity contribution is -0.115. The molecule has 0 bridgehead atoms. The molecular formula is C24H22Cl2N2O2S. The van der Waals surface area contributed by atoms with Crippen molar-refractivity contribution in [2.45, 2.75) is 26.2 Å². The van der Waals surface area contributed by atoms with E-state index < -0.39 is 0 Å². The first-order chi connectivity index (χ1) is 14.9. The minimum absolute atomic E-state index is 0.235. The van der Waals surface area contributed by atoms with E-state index in [2.05, 4.69) is 30.5 Å². The summed E-state index contributed by atoms with van der Waals surface area (Å²) < 4.78 is 5.75. The summed E-state index contributed by atoms with van der Waals surface area (Å²) in [6.45, 7) is 4.28. The predicted molar refractivity (Wildman–Crippen MR) is 133 cm³/mol. The zero-order valence-corrected chi connectivity index (χ0v) is 19.4. The van der Waals surface area contributed by atoms with Crippen LogP contribution >= 0.6 is 35.4 Å². The highest BCUT2D eigenvalue weighted by Crippen LogP contribution is 2.29. The molecule has 0 aliphatic carbocycles. The number of para-hydroxylation sites is 1. The molecule has 1 heterocycles. The molecule has 0 unspecified atom stereocenters. The van der Waals surface area contributed by atoms with Crippen LogP contribution in [0.1, 0.15) is 37.5 Å². The predicted octanol–water partition coefficient (Wildman–Crippen LogP) is 7.29. The van der Waals surface area contributed by atoms with Crippen LogP contribution < -0.4 is 10.6 Å². The SMILES string of the molecule is CC[C@H](C)c1ccccc1NC(=S)NC(=O)/C=C/c1ccc(-c2cc(Cl)cc(Cl)c2)o1. The van der Waals surface area contributed by atoms with Gasteiger partial charge in [-0.2, -0.15) is 0 Å². The van der Waals surface area contributed by atoms with E-state index in [9.17, 15) is 4.79 Å². The van der Waals surface area contributed by atoms with Crippen LogP contribution in [0.2, 0.25) is 10.0 Å². The number of carbonyl (C=O) groups is 1. The Morgan fingerprint density at radius 1 is 1.13 bits per heavy atom. The number of halogens is 2. The molecule has 3 aromatic rings. The average molecular weight is 473 g/mol. The van der Waals surface area contributed by atoms with Crippen LogP contribution in [0.4, 0.5) is 5.69 Å². The second kappa shape index (κ2) is 10.6. The fourth-order valence-corrected chi connectivity index (χ4v) is 3.76. The zero-order chi connectivity index (χ0) is 22.4. The first kappa shape index (κ1) is 23.1. The highest BCUT2D eigenvalue weighted by molar-refractivity contribution is 7.80. The summed E-state index contributed by atoms with van der Waals surface area (Å²) in [5.41, 5.74) is 2.80. The lowest BCUT2D eigenvalue weighted by Gasteiger charge is -2.16. The summed E-state index contributed by atoms with van der Waals surface area (Å²) in [6.07, 6.45) is 3.94. The molecule has 1 aromatic heterocycles. The number of thiocarbonyl (C=S) groups is 1. The lowest BCUT2D eigenvalue weighted by Crippen LogP contribution is -2.33. The van der Waals surface area contributed by atoms with Gasteiger partial charge in [0.1, 0.15) is 11.5 Å². The first-order valence-electron chi connectivity index (χ1n) is 9.81. The summed E-state index contributed by atoms with van der Waals surface area (Å²) >= 11 is 17.4. The van der Waals surface area contributed by atoms with E-state index in [4.69, 9.17) is 39.8 Å². The van der Waals surface area contributed by atoms with Crippen molar-refractivity contribution < 1.29 is 9.21 Å². The van der Waals surface area contributed by atoms with E-state index in [0.29, 0.717) is 27.5 Å². The van der Waals surface area contributed by atoms with Crippen molar-refractivity contribution in [3.05, 3.63) is 82.0 Å². The van der Waals surface area contributed by atoms with Crippen molar-refractivity contribution in [2.75, 3.05) is 5.32 Å². The monoisotopic (exact) mass is 472 g/mol. The number of hydrogen-bond acceptors (Lipinski definition) is 3. The number of anilines is 1. The van der Waals surface area contributed by atoms with Crippen LogP contribution in [0, 0.1) is 0 Å². The Labute approximate surface area is 197 Å². The third-order valence-corrected chi connectivity index (χ3v) is 5.40. The van der Waals surface area contributed by atoms with Crippen LogP contribution in [0.5, 0.6) is 0 Å². The van der Waals surface area contributed by atoms with Gasteiger partial charge in [0.25, 0.3) is 0 Å². The molecule has 1 atom stereocenters. The number of carbonyl (C=O) groups excluding carboxylic acids is 1. The van der Waals surface area contributed by atoms with Crippen molar-refractivity contribution in [2.24, 2.45) is 0 Å². The van der Waals surface area contributed by atoms with Gasteiger partial charge < -0.3 is 9.73 Å². The molecule has 2 aromatic carbocycles. The van der Waals surface area contributed by atoms with E-state index in [1.807, 2.05) is 18.2 Å². The van der Waals surface area contributed by atoms with E-state index >= 15 is 0 Å². The van der Waals surface area contributed by atoms with Gasteiger partial charge in [0.2, 0.25) is 5.91 Å². The fraction of sp³-hybridized carbons (Fsp3) is 0.167. The number of nitrogens with one attached hydrogen (secondary N) is 2. The molecule has 160 valence electrons. The first-order valence-corrected chi connectivity index (χ1v) is 11.0. The maximum absolute atomic E-state index is 12.3. The molecule has 31 heavy (non-hydrogen) atoms. The van der Waals surface area contributed by atoms with Gasteiger partial charge in [-0.15, -0.1) is 0 Å². The Bertz CT molecular complexity index is 1100. The molecule has 4 nitrogen and oxygen atoms in total. The van der Waals surface area contributed by atoms with Gasteiger partial charge in [-0.05, 0) is 72.6 Å². The van der Waals surface area contributed by atoms with Crippen molar-refractivity contribution in [1.29, 1.82) is 0 Å². The number of rotatable bonds is 6. The molecule has 2 N–H and O–H groups in total. The summed E-state index contributed by atoms with van der Waals surface area (Å²) in [4.78, 5) is 12.3. The Morgan fingerprint density at radius 3 is 2.55 bits per heavy atom. The summed E-state index contributed by atoms with van der Waals surface area (Å²) in [6, 6.07) is 16.6. The third-order valence-electron chi connectivity index (χ3n) is 4.76. The highest BCUT2D eigenvalue weighted by Gasteiger charge is 2.10.